The zero-order valence-electron chi connectivity index (χ0n) is 11.7. The third-order valence-electron chi connectivity index (χ3n) is 2.92. The van der Waals surface area contributed by atoms with Crippen LogP contribution in [0.4, 0.5) is 5.82 Å². The molecular weight excluding hydrogens is 327 g/mol. The van der Waals surface area contributed by atoms with Crippen molar-refractivity contribution in [3.05, 3.63) is 51.6 Å². The molecule has 0 spiro atoms. The molecule has 0 fully saturated rings. The summed E-state index contributed by atoms with van der Waals surface area (Å²) in [5, 5.41) is 24.0. The maximum absolute atomic E-state index is 11.3. The second-order valence-corrected chi connectivity index (χ2v) is 5.29. The van der Waals surface area contributed by atoms with Crippen molar-refractivity contribution in [3.8, 4) is 0 Å². The summed E-state index contributed by atoms with van der Waals surface area (Å²) in [6, 6.07) is 8.03. The summed E-state index contributed by atoms with van der Waals surface area (Å²) in [5.41, 5.74) is 0.780. The van der Waals surface area contributed by atoms with Crippen LogP contribution in [0, 0.1) is 0 Å². The Morgan fingerprint density at radius 2 is 2.05 bits per heavy atom. The van der Waals surface area contributed by atoms with Gasteiger partial charge in [0.2, 0.25) is 0 Å². The number of aliphatic hydroxyl groups excluding tert-OH is 1. The van der Waals surface area contributed by atoms with E-state index in [1.807, 2.05) is 0 Å². The van der Waals surface area contributed by atoms with Crippen LogP contribution in [-0.4, -0.2) is 34.8 Å². The SMILES string of the molecule is CNC(=O)c1ccc(NCC(O)c2ccc(Cl)cc2Cl)nn1. The topological polar surface area (TPSA) is 87.1 Å². The zero-order valence-corrected chi connectivity index (χ0v) is 13.2. The maximum Gasteiger partial charge on any atom is 0.271 e. The lowest BCUT2D eigenvalue weighted by Gasteiger charge is -2.14. The Morgan fingerprint density at radius 1 is 1.27 bits per heavy atom. The molecule has 8 heteroatoms. The fraction of sp³-hybridized carbons (Fsp3) is 0.214. The van der Waals surface area contributed by atoms with Gasteiger partial charge in [-0.3, -0.25) is 4.79 Å². The summed E-state index contributed by atoms with van der Waals surface area (Å²) >= 11 is 11.8. The molecule has 3 N–H and O–H groups in total. The van der Waals surface area contributed by atoms with Gasteiger partial charge in [-0.2, -0.15) is 0 Å². The van der Waals surface area contributed by atoms with Gasteiger partial charge in [-0.05, 0) is 24.3 Å². The number of carbonyl (C=O) groups excluding carboxylic acids is 1. The van der Waals surface area contributed by atoms with Gasteiger partial charge >= 0.3 is 0 Å². The van der Waals surface area contributed by atoms with Crippen molar-refractivity contribution in [1.82, 2.24) is 15.5 Å². The van der Waals surface area contributed by atoms with Gasteiger partial charge in [-0.15, -0.1) is 10.2 Å². The van der Waals surface area contributed by atoms with Crippen molar-refractivity contribution >= 4 is 34.9 Å². The van der Waals surface area contributed by atoms with Crippen molar-refractivity contribution < 1.29 is 9.90 Å². The zero-order chi connectivity index (χ0) is 16.1. The molecule has 116 valence electrons. The second kappa shape index (κ2) is 7.40. The highest BCUT2D eigenvalue weighted by atomic mass is 35.5. The highest BCUT2D eigenvalue weighted by molar-refractivity contribution is 6.35. The van der Waals surface area contributed by atoms with Gasteiger partial charge in [0.25, 0.3) is 5.91 Å². The van der Waals surface area contributed by atoms with Gasteiger partial charge in [0.05, 0.1) is 6.10 Å². The van der Waals surface area contributed by atoms with Crippen molar-refractivity contribution in [1.29, 1.82) is 0 Å². The maximum atomic E-state index is 11.3. The van der Waals surface area contributed by atoms with E-state index in [2.05, 4.69) is 20.8 Å². The van der Waals surface area contributed by atoms with Crippen molar-refractivity contribution in [2.45, 2.75) is 6.10 Å². The minimum absolute atomic E-state index is 0.190. The first-order chi connectivity index (χ1) is 10.5. The molecule has 1 amide bonds. The lowest BCUT2D eigenvalue weighted by atomic mass is 10.1. The average Bonchev–Trinajstić information content (AvgIpc) is 2.52. The van der Waals surface area contributed by atoms with E-state index in [0.717, 1.165) is 0 Å². The minimum Gasteiger partial charge on any atom is -0.387 e. The number of benzene rings is 1. The number of hydrogen-bond donors (Lipinski definition) is 3. The number of aromatic nitrogens is 2. The predicted octanol–water partition coefficient (Wildman–Crippen LogP) is 2.29. The molecular formula is C14H14Cl2N4O2. The summed E-state index contributed by atoms with van der Waals surface area (Å²) in [5.74, 6) is 0.129. The molecule has 2 rings (SSSR count). The van der Waals surface area contributed by atoms with Gasteiger partial charge in [0.1, 0.15) is 5.82 Å². The highest BCUT2D eigenvalue weighted by Crippen LogP contribution is 2.26. The van der Waals surface area contributed by atoms with Crippen LogP contribution in [0.2, 0.25) is 10.0 Å². The van der Waals surface area contributed by atoms with E-state index in [1.165, 1.54) is 13.1 Å². The van der Waals surface area contributed by atoms with Crippen LogP contribution in [0.15, 0.2) is 30.3 Å². The number of hydrogen-bond acceptors (Lipinski definition) is 5. The van der Waals surface area contributed by atoms with Crippen LogP contribution < -0.4 is 10.6 Å². The van der Waals surface area contributed by atoms with E-state index in [-0.39, 0.29) is 18.1 Å². The first kappa shape index (κ1) is 16.5. The smallest absolute Gasteiger partial charge is 0.271 e. The van der Waals surface area contributed by atoms with Gasteiger partial charge in [-0.25, -0.2) is 0 Å². The van der Waals surface area contributed by atoms with Gasteiger partial charge in [-0.1, -0.05) is 29.3 Å². The van der Waals surface area contributed by atoms with Crippen LogP contribution >= 0.6 is 23.2 Å². The number of carbonyl (C=O) groups is 1. The quantitative estimate of drug-likeness (QED) is 0.777. The largest absolute Gasteiger partial charge is 0.387 e. The third-order valence-corrected chi connectivity index (χ3v) is 3.48. The molecule has 0 aliphatic carbocycles. The second-order valence-electron chi connectivity index (χ2n) is 4.45. The molecule has 0 aliphatic rings. The molecule has 0 aliphatic heterocycles. The number of rotatable bonds is 5. The first-order valence-corrected chi connectivity index (χ1v) is 7.19. The van der Waals surface area contributed by atoms with Crippen LogP contribution in [-0.2, 0) is 0 Å². The normalized spacial score (nSPS) is 11.8. The molecule has 22 heavy (non-hydrogen) atoms. The molecule has 1 atom stereocenters. The van der Waals surface area contributed by atoms with Crippen LogP contribution in [0.25, 0.3) is 0 Å². The molecule has 0 saturated heterocycles. The molecule has 1 heterocycles. The standard InChI is InChI=1S/C14H14Cl2N4O2/c1-17-14(22)11-4-5-13(20-19-11)18-7-12(21)9-3-2-8(15)6-10(9)16/h2-6,12,21H,7H2,1H3,(H,17,22)(H,18,20). The lowest BCUT2D eigenvalue weighted by molar-refractivity contribution is 0.0957. The van der Waals surface area contributed by atoms with E-state index in [1.54, 1.807) is 24.3 Å². The van der Waals surface area contributed by atoms with Crippen LogP contribution in [0.1, 0.15) is 22.2 Å². The molecule has 1 unspecified atom stereocenters. The fourth-order valence-corrected chi connectivity index (χ4v) is 2.29. The first-order valence-electron chi connectivity index (χ1n) is 6.44. The van der Waals surface area contributed by atoms with Gasteiger partial charge < -0.3 is 15.7 Å². The van der Waals surface area contributed by atoms with Gasteiger partial charge in [0.15, 0.2) is 5.69 Å². The predicted molar refractivity (Wildman–Crippen MR) is 85.3 cm³/mol. The summed E-state index contributed by atoms with van der Waals surface area (Å²) < 4.78 is 0. The summed E-state index contributed by atoms with van der Waals surface area (Å²) in [7, 11) is 1.52. The Labute approximate surface area is 137 Å². The van der Waals surface area contributed by atoms with Crippen molar-refractivity contribution in [2.24, 2.45) is 0 Å². The molecule has 1 aromatic carbocycles. The van der Waals surface area contributed by atoms with Crippen LogP contribution in [0.3, 0.4) is 0 Å². The number of nitrogens with one attached hydrogen (secondary N) is 2. The van der Waals surface area contributed by atoms with E-state index in [0.29, 0.717) is 21.4 Å². The van der Waals surface area contributed by atoms with Crippen molar-refractivity contribution in [2.75, 3.05) is 18.9 Å². The molecule has 6 nitrogen and oxygen atoms in total. The lowest BCUT2D eigenvalue weighted by Crippen LogP contribution is -2.20. The molecule has 1 aromatic heterocycles. The average molecular weight is 341 g/mol. The summed E-state index contributed by atoms with van der Waals surface area (Å²) in [4.78, 5) is 11.3. The Morgan fingerprint density at radius 3 is 2.64 bits per heavy atom. The number of anilines is 1. The van der Waals surface area contributed by atoms with E-state index < -0.39 is 6.10 Å². The fourth-order valence-electron chi connectivity index (χ4n) is 1.76. The molecule has 0 radical (unpaired) electrons. The minimum atomic E-state index is -0.829. The van der Waals surface area contributed by atoms with Gasteiger partial charge in [0, 0.05) is 29.2 Å². The highest BCUT2D eigenvalue weighted by Gasteiger charge is 2.12. The summed E-state index contributed by atoms with van der Waals surface area (Å²) in [6.07, 6.45) is -0.829. The van der Waals surface area contributed by atoms with E-state index in [9.17, 15) is 9.90 Å². The Kier molecular flexibility index (Phi) is 5.54. The van der Waals surface area contributed by atoms with Crippen LogP contribution in [0.5, 0.6) is 0 Å². The number of nitrogens with zero attached hydrogens (tertiary/aromatic N) is 2. The Bertz CT molecular complexity index is 664. The van der Waals surface area contributed by atoms with E-state index >= 15 is 0 Å². The number of aliphatic hydroxyl groups is 1. The molecule has 0 saturated carbocycles. The molecule has 2 aromatic rings. The monoisotopic (exact) mass is 340 g/mol. The summed E-state index contributed by atoms with van der Waals surface area (Å²) in [6.45, 7) is 0.190. The Balaban J connectivity index is 1.98. The van der Waals surface area contributed by atoms with Crippen molar-refractivity contribution in [3.63, 3.8) is 0 Å². The van der Waals surface area contributed by atoms with E-state index in [4.69, 9.17) is 23.2 Å². The Hall–Kier alpha value is -1.89. The number of amides is 1. The molecule has 0 bridgehead atoms. The number of halogens is 2. The third kappa shape index (κ3) is 4.07.